The molecule has 0 aliphatic carbocycles. The third-order valence-electron chi connectivity index (χ3n) is 3.30. The van der Waals surface area contributed by atoms with Gasteiger partial charge in [-0.1, -0.05) is 30.3 Å². The molecule has 5 nitrogen and oxygen atoms in total. The van der Waals surface area contributed by atoms with Gasteiger partial charge in [0.2, 0.25) is 0 Å². The van der Waals surface area contributed by atoms with Crippen LogP contribution in [0.3, 0.4) is 0 Å². The summed E-state index contributed by atoms with van der Waals surface area (Å²) in [7, 11) is 3.83. The molecule has 0 bridgehead atoms. The van der Waals surface area contributed by atoms with Gasteiger partial charge < -0.3 is 5.32 Å². The van der Waals surface area contributed by atoms with Crippen LogP contribution in [0.2, 0.25) is 0 Å². The zero-order valence-corrected chi connectivity index (χ0v) is 12.2. The van der Waals surface area contributed by atoms with Gasteiger partial charge >= 0.3 is 0 Å². The molecule has 2 rings (SSSR count). The number of anilines is 1. The Hall–Kier alpha value is -2.40. The van der Waals surface area contributed by atoms with Gasteiger partial charge in [0.15, 0.2) is 0 Å². The van der Waals surface area contributed by atoms with Crippen molar-refractivity contribution in [1.82, 2.24) is 4.90 Å². The first-order valence-corrected chi connectivity index (χ1v) is 6.77. The fraction of sp³-hybridized carbons (Fsp3) is 0.250. The van der Waals surface area contributed by atoms with Crippen molar-refractivity contribution in [3.8, 4) is 0 Å². The first-order valence-electron chi connectivity index (χ1n) is 6.77. The first kappa shape index (κ1) is 15.0. The topological polar surface area (TPSA) is 58.4 Å². The van der Waals surface area contributed by atoms with E-state index in [9.17, 15) is 10.1 Å². The molecule has 0 radical (unpaired) electrons. The van der Waals surface area contributed by atoms with Gasteiger partial charge in [-0.15, -0.1) is 0 Å². The molecule has 0 unspecified atom stereocenters. The summed E-state index contributed by atoms with van der Waals surface area (Å²) >= 11 is 0. The third-order valence-corrected chi connectivity index (χ3v) is 3.30. The second-order valence-electron chi connectivity index (χ2n) is 5.01. The average molecular weight is 285 g/mol. The molecule has 5 heteroatoms. The Labute approximate surface area is 124 Å². The van der Waals surface area contributed by atoms with Gasteiger partial charge in [0.1, 0.15) is 0 Å². The van der Waals surface area contributed by atoms with Gasteiger partial charge in [-0.2, -0.15) is 0 Å². The van der Waals surface area contributed by atoms with Crippen LogP contribution in [0.4, 0.5) is 11.4 Å². The predicted octanol–water partition coefficient (Wildman–Crippen LogP) is 3.27. The van der Waals surface area contributed by atoms with Crippen LogP contribution < -0.4 is 5.32 Å². The summed E-state index contributed by atoms with van der Waals surface area (Å²) in [4.78, 5) is 12.7. The van der Waals surface area contributed by atoms with Gasteiger partial charge in [-0.25, -0.2) is 0 Å². The summed E-state index contributed by atoms with van der Waals surface area (Å²) in [6.07, 6.45) is 0. The zero-order chi connectivity index (χ0) is 15.2. The lowest BCUT2D eigenvalue weighted by Crippen LogP contribution is -2.18. The van der Waals surface area contributed by atoms with Crippen LogP contribution in [-0.4, -0.2) is 23.9 Å². The number of nitrogens with zero attached hydrogens (tertiary/aromatic N) is 2. The molecule has 0 aliphatic heterocycles. The second kappa shape index (κ2) is 6.85. The van der Waals surface area contributed by atoms with Crippen molar-refractivity contribution in [2.75, 3.05) is 19.4 Å². The van der Waals surface area contributed by atoms with Crippen molar-refractivity contribution in [2.45, 2.75) is 13.1 Å². The van der Waals surface area contributed by atoms with Crippen LogP contribution in [-0.2, 0) is 13.1 Å². The van der Waals surface area contributed by atoms with Crippen molar-refractivity contribution in [3.63, 3.8) is 0 Å². The number of benzene rings is 2. The summed E-state index contributed by atoms with van der Waals surface area (Å²) in [6.45, 7) is 1.44. The van der Waals surface area contributed by atoms with Crippen molar-refractivity contribution in [3.05, 3.63) is 69.8 Å². The smallest absolute Gasteiger partial charge is 0.269 e. The molecule has 0 atom stereocenters. The maximum Gasteiger partial charge on any atom is 0.269 e. The number of hydrogen-bond donors (Lipinski definition) is 1. The number of hydrogen-bond acceptors (Lipinski definition) is 4. The van der Waals surface area contributed by atoms with Gasteiger partial charge in [0, 0.05) is 38.0 Å². The van der Waals surface area contributed by atoms with E-state index in [1.807, 2.05) is 32.3 Å². The van der Waals surface area contributed by atoms with Crippen LogP contribution >= 0.6 is 0 Å². The van der Waals surface area contributed by atoms with Crippen molar-refractivity contribution in [1.29, 1.82) is 0 Å². The highest BCUT2D eigenvalue weighted by molar-refractivity contribution is 5.55. The van der Waals surface area contributed by atoms with Gasteiger partial charge in [-0.05, 0) is 24.2 Å². The van der Waals surface area contributed by atoms with E-state index in [0.717, 1.165) is 17.8 Å². The normalized spacial score (nSPS) is 10.6. The number of nitro benzene ring substituents is 1. The molecule has 2 aromatic rings. The zero-order valence-electron chi connectivity index (χ0n) is 12.2. The monoisotopic (exact) mass is 285 g/mol. The molecule has 0 heterocycles. The van der Waals surface area contributed by atoms with Gasteiger partial charge in [-0.3, -0.25) is 15.0 Å². The lowest BCUT2D eigenvalue weighted by molar-refractivity contribution is -0.384. The molecule has 1 N–H and O–H groups in total. The van der Waals surface area contributed by atoms with Crippen LogP contribution in [0.25, 0.3) is 0 Å². The number of non-ortho nitro benzene ring substituents is 1. The molecule has 0 aliphatic rings. The number of rotatable bonds is 6. The van der Waals surface area contributed by atoms with E-state index in [0.29, 0.717) is 6.54 Å². The van der Waals surface area contributed by atoms with Crippen molar-refractivity contribution >= 4 is 11.4 Å². The molecule has 0 aromatic heterocycles. The highest BCUT2D eigenvalue weighted by Gasteiger charge is 2.12. The fourth-order valence-electron chi connectivity index (χ4n) is 2.31. The lowest BCUT2D eigenvalue weighted by atomic mass is 10.1. The summed E-state index contributed by atoms with van der Waals surface area (Å²) in [5.41, 5.74) is 3.18. The Kier molecular flexibility index (Phi) is 4.90. The summed E-state index contributed by atoms with van der Waals surface area (Å²) in [5, 5.41) is 14.0. The van der Waals surface area contributed by atoms with E-state index >= 15 is 0 Å². The summed E-state index contributed by atoms with van der Waals surface area (Å²) < 4.78 is 0. The summed E-state index contributed by atoms with van der Waals surface area (Å²) in [5.74, 6) is 0. The van der Waals surface area contributed by atoms with E-state index in [4.69, 9.17) is 0 Å². The molecule has 110 valence electrons. The Bertz CT molecular complexity index is 614. The van der Waals surface area contributed by atoms with Crippen molar-refractivity contribution < 1.29 is 4.92 Å². The minimum atomic E-state index is -0.361. The molecular formula is C16H19N3O2. The average Bonchev–Trinajstić information content (AvgIpc) is 2.48. The van der Waals surface area contributed by atoms with Gasteiger partial charge in [0.05, 0.1) is 4.92 Å². The molecule has 2 aromatic carbocycles. The van der Waals surface area contributed by atoms with Crippen molar-refractivity contribution in [2.24, 2.45) is 0 Å². The van der Waals surface area contributed by atoms with E-state index in [1.165, 1.54) is 11.6 Å². The summed E-state index contributed by atoms with van der Waals surface area (Å²) in [6, 6.07) is 15.1. The maximum absolute atomic E-state index is 10.9. The molecular weight excluding hydrogens is 266 g/mol. The lowest BCUT2D eigenvalue weighted by Gasteiger charge is -2.18. The van der Waals surface area contributed by atoms with E-state index in [-0.39, 0.29) is 10.6 Å². The molecule has 0 spiro atoms. The van der Waals surface area contributed by atoms with Crippen LogP contribution in [0.5, 0.6) is 0 Å². The Morgan fingerprint density at radius 3 is 2.48 bits per heavy atom. The van der Waals surface area contributed by atoms with E-state index < -0.39 is 0 Å². The van der Waals surface area contributed by atoms with Gasteiger partial charge in [0.25, 0.3) is 5.69 Å². The largest absolute Gasteiger partial charge is 0.388 e. The van der Waals surface area contributed by atoms with Crippen LogP contribution in [0.1, 0.15) is 11.1 Å². The highest BCUT2D eigenvalue weighted by atomic mass is 16.6. The first-order chi connectivity index (χ1) is 10.1. The fourth-order valence-corrected chi connectivity index (χ4v) is 2.31. The molecule has 0 fully saturated rings. The van der Waals surface area contributed by atoms with Crippen LogP contribution in [0, 0.1) is 10.1 Å². The Balaban J connectivity index is 2.13. The number of nitrogens with one attached hydrogen (secondary N) is 1. The molecule has 0 saturated heterocycles. The maximum atomic E-state index is 10.9. The SMILES string of the molecule is CNc1ccc([N+](=O)[O-])cc1CN(C)Cc1ccccc1. The predicted molar refractivity (Wildman–Crippen MR) is 84.3 cm³/mol. The Morgan fingerprint density at radius 1 is 1.14 bits per heavy atom. The molecule has 21 heavy (non-hydrogen) atoms. The van der Waals surface area contributed by atoms with E-state index in [1.54, 1.807) is 12.1 Å². The third kappa shape index (κ3) is 4.03. The van der Waals surface area contributed by atoms with E-state index in [2.05, 4.69) is 22.3 Å². The minimum absolute atomic E-state index is 0.122. The quantitative estimate of drug-likeness (QED) is 0.653. The number of nitro groups is 1. The second-order valence-corrected chi connectivity index (χ2v) is 5.01. The molecule has 0 saturated carbocycles. The highest BCUT2D eigenvalue weighted by Crippen LogP contribution is 2.23. The molecule has 0 amide bonds. The minimum Gasteiger partial charge on any atom is -0.388 e. The van der Waals surface area contributed by atoms with Crippen LogP contribution in [0.15, 0.2) is 48.5 Å². The standard InChI is InChI=1S/C16H19N3O2/c1-17-16-9-8-15(19(20)21)10-14(16)12-18(2)11-13-6-4-3-5-7-13/h3-10,17H,11-12H2,1-2H3. The Morgan fingerprint density at radius 2 is 1.86 bits per heavy atom.